The molecule has 0 unspecified atom stereocenters. The third kappa shape index (κ3) is 1.63. The van der Waals surface area contributed by atoms with Gasteiger partial charge in [-0.3, -0.25) is 0 Å². The van der Waals surface area contributed by atoms with Gasteiger partial charge in [0.25, 0.3) is 0 Å². The van der Waals surface area contributed by atoms with Crippen molar-refractivity contribution in [1.82, 2.24) is 0 Å². The maximum absolute atomic E-state index is 5.68. The highest BCUT2D eigenvalue weighted by Gasteiger charge is 2.03. The van der Waals surface area contributed by atoms with E-state index in [1.54, 1.807) is 3.70 Å². The molecular weight excluding hydrogens is 120 g/mol. The fraction of sp³-hybridized carbons (Fsp3) is 0.600. The van der Waals surface area contributed by atoms with E-state index in [2.05, 4.69) is 6.08 Å². The second-order valence-corrected chi connectivity index (χ2v) is 3.87. The smallest absolute Gasteiger partial charge is 0.336 e. The average molecular weight is 127 g/mol. The largest absolute Gasteiger partial charge is 0.534 e. The summed E-state index contributed by atoms with van der Waals surface area (Å²) in [4.78, 5) is 0. The van der Waals surface area contributed by atoms with Gasteiger partial charge in [-0.15, -0.1) is 6.08 Å². The van der Waals surface area contributed by atoms with Crippen LogP contribution in [0.25, 0.3) is 0 Å². The number of hydrogen-bond acceptors (Lipinski definition) is 0. The second-order valence-electron chi connectivity index (χ2n) is 1.89. The molecule has 0 aromatic rings. The van der Waals surface area contributed by atoms with E-state index in [9.17, 15) is 0 Å². The summed E-state index contributed by atoms with van der Waals surface area (Å²) >= 11 is -0.276. The molecule has 0 heterocycles. The topological polar surface area (TPSA) is 0 Å². The lowest BCUT2D eigenvalue weighted by atomic mass is 10.4. The summed E-state index contributed by atoms with van der Waals surface area (Å²) in [6, 6.07) is 0. The number of halogens is 1. The second kappa shape index (κ2) is 2.95. The molecule has 0 amide bonds. The maximum atomic E-state index is 5.68. The van der Waals surface area contributed by atoms with Gasteiger partial charge in [-0.1, -0.05) is 6.42 Å². The highest BCUT2D eigenvalue weighted by molar-refractivity contribution is 6.97. The molecule has 0 spiro atoms. The summed E-state index contributed by atoms with van der Waals surface area (Å²) in [6.07, 6.45) is 6.25. The molecule has 7 heavy (non-hydrogen) atoms. The van der Waals surface area contributed by atoms with Crippen LogP contribution in [0.1, 0.15) is 19.3 Å². The molecule has 0 aromatic heterocycles. The number of hydrogen-bond donors (Lipinski definition) is 0. The summed E-state index contributed by atoms with van der Waals surface area (Å²) < 4.78 is 1.57. The SMILES string of the molecule is [Cl][Mg][C]1=CCCC1. The van der Waals surface area contributed by atoms with Gasteiger partial charge in [0.05, 0.1) is 0 Å². The van der Waals surface area contributed by atoms with Crippen molar-refractivity contribution in [3.05, 3.63) is 9.78 Å². The predicted molar refractivity (Wildman–Crippen MR) is 33.5 cm³/mol. The van der Waals surface area contributed by atoms with Gasteiger partial charge in [-0.25, -0.2) is 0 Å². The van der Waals surface area contributed by atoms with E-state index in [1.165, 1.54) is 19.3 Å². The van der Waals surface area contributed by atoms with Gasteiger partial charge in [-0.05, 0) is 12.8 Å². The molecule has 1 aliphatic rings. The monoisotopic (exact) mass is 126 g/mol. The van der Waals surface area contributed by atoms with Crippen LogP contribution in [0, 0.1) is 0 Å². The van der Waals surface area contributed by atoms with E-state index in [4.69, 9.17) is 9.07 Å². The lowest BCUT2D eigenvalue weighted by molar-refractivity contribution is 0.923. The Hall–Kier alpha value is 0.796. The van der Waals surface area contributed by atoms with Crippen molar-refractivity contribution in [2.24, 2.45) is 0 Å². The highest BCUT2D eigenvalue weighted by Crippen LogP contribution is 2.16. The quantitative estimate of drug-likeness (QED) is 0.472. The molecular formula is C5H7ClMg. The summed E-state index contributed by atoms with van der Waals surface area (Å²) in [5, 5.41) is 0. The third-order valence-corrected chi connectivity index (χ3v) is 3.32. The standard InChI is InChI=1S/C5H7.ClH.Mg/c1-2-4-5-3-1;;/h1H,2,4-5H2;1H;/q;;+1/p-1. The minimum Gasteiger partial charge on any atom is -0.336 e. The first kappa shape index (κ1) is 5.92. The molecule has 0 bridgehead atoms. The van der Waals surface area contributed by atoms with Crippen molar-refractivity contribution < 1.29 is 0 Å². The maximum Gasteiger partial charge on any atom is 0.534 e. The molecule has 0 aromatic carbocycles. The number of allylic oxidation sites excluding steroid dienone is 2. The fourth-order valence-electron chi connectivity index (χ4n) is 0.859. The normalized spacial score (nSPS) is 18.7. The van der Waals surface area contributed by atoms with Gasteiger partial charge < -0.3 is 9.07 Å². The van der Waals surface area contributed by atoms with Gasteiger partial charge in [0.15, 0.2) is 0 Å². The summed E-state index contributed by atoms with van der Waals surface area (Å²) in [5.74, 6) is 0. The Bertz CT molecular complexity index is 88.1. The minimum absolute atomic E-state index is 0.276. The Labute approximate surface area is 57.4 Å². The first-order valence-corrected chi connectivity index (χ1v) is 5.52. The molecule has 0 radical (unpaired) electrons. The van der Waals surface area contributed by atoms with Gasteiger partial charge >= 0.3 is 19.3 Å². The van der Waals surface area contributed by atoms with Crippen LogP contribution in [0.5, 0.6) is 0 Å². The van der Waals surface area contributed by atoms with E-state index >= 15 is 0 Å². The molecule has 2 heteroatoms. The van der Waals surface area contributed by atoms with Crippen LogP contribution < -0.4 is 0 Å². The van der Waals surface area contributed by atoms with Crippen LogP contribution in [-0.4, -0.2) is 19.3 Å². The summed E-state index contributed by atoms with van der Waals surface area (Å²) in [5.41, 5.74) is 0. The van der Waals surface area contributed by atoms with Crippen molar-refractivity contribution in [3.63, 3.8) is 0 Å². The van der Waals surface area contributed by atoms with E-state index in [-0.39, 0.29) is 19.3 Å². The van der Waals surface area contributed by atoms with Gasteiger partial charge in [0.1, 0.15) is 0 Å². The first-order chi connectivity index (χ1) is 3.43. The van der Waals surface area contributed by atoms with Crippen LogP contribution in [0.4, 0.5) is 0 Å². The Balaban J connectivity index is 2.36. The van der Waals surface area contributed by atoms with E-state index in [0.717, 1.165) is 0 Å². The van der Waals surface area contributed by atoms with Gasteiger partial charge in [0, 0.05) is 0 Å². The van der Waals surface area contributed by atoms with Crippen molar-refractivity contribution in [1.29, 1.82) is 0 Å². The Morgan fingerprint density at radius 1 is 1.71 bits per heavy atom. The van der Waals surface area contributed by atoms with Crippen molar-refractivity contribution in [2.75, 3.05) is 0 Å². The molecule has 1 aliphatic carbocycles. The highest BCUT2D eigenvalue weighted by atomic mass is 35.5. The lowest BCUT2D eigenvalue weighted by Crippen LogP contribution is -1.79. The average Bonchev–Trinajstić information content (AvgIpc) is 2.14. The van der Waals surface area contributed by atoms with E-state index in [0.29, 0.717) is 0 Å². The summed E-state index contributed by atoms with van der Waals surface area (Å²) in [7, 11) is 5.68. The molecule has 0 nitrogen and oxygen atoms in total. The van der Waals surface area contributed by atoms with Crippen molar-refractivity contribution in [2.45, 2.75) is 19.3 Å². The zero-order valence-corrected chi connectivity index (χ0v) is 6.45. The predicted octanol–water partition coefficient (Wildman–Crippen LogP) is 1.91. The minimum atomic E-state index is -0.276. The molecule has 0 aliphatic heterocycles. The van der Waals surface area contributed by atoms with E-state index in [1.807, 2.05) is 0 Å². The molecule has 1 rings (SSSR count). The Kier molecular flexibility index (Phi) is 2.50. The molecule has 36 valence electrons. The third-order valence-electron chi connectivity index (χ3n) is 1.31. The number of rotatable bonds is 1. The van der Waals surface area contributed by atoms with Gasteiger partial charge in [0.2, 0.25) is 0 Å². The van der Waals surface area contributed by atoms with Crippen molar-refractivity contribution >= 4 is 28.3 Å². The van der Waals surface area contributed by atoms with Crippen molar-refractivity contribution in [3.8, 4) is 0 Å². The van der Waals surface area contributed by atoms with Crippen LogP contribution in [-0.2, 0) is 0 Å². The Morgan fingerprint density at radius 2 is 2.57 bits per heavy atom. The molecule has 0 N–H and O–H groups in total. The zero-order valence-electron chi connectivity index (χ0n) is 4.28. The lowest BCUT2D eigenvalue weighted by Gasteiger charge is -1.85. The molecule has 0 atom stereocenters. The summed E-state index contributed by atoms with van der Waals surface area (Å²) in [6.45, 7) is 0. The van der Waals surface area contributed by atoms with E-state index < -0.39 is 0 Å². The fourth-order valence-corrected chi connectivity index (χ4v) is 2.28. The van der Waals surface area contributed by atoms with Crippen LogP contribution >= 0.6 is 9.07 Å². The van der Waals surface area contributed by atoms with Crippen LogP contribution in [0.3, 0.4) is 0 Å². The first-order valence-electron chi connectivity index (χ1n) is 2.67. The van der Waals surface area contributed by atoms with Gasteiger partial charge in [-0.2, -0.15) is 3.70 Å². The molecule has 0 saturated heterocycles. The van der Waals surface area contributed by atoms with Crippen LogP contribution in [0.15, 0.2) is 9.78 Å². The van der Waals surface area contributed by atoms with Crippen LogP contribution in [0.2, 0.25) is 0 Å². The molecule has 0 saturated carbocycles. The molecule has 0 fully saturated rings. The Morgan fingerprint density at radius 3 is 2.86 bits per heavy atom. The zero-order chi connectivity index (χ0) is 5.11.